The Hall–Kier alpha value is -2.82. The first-order valence-corrected chi connectivity index (χ1v) is 5.33. The largest absolute Gasteiger partial charge is 0.478 e. The number of rotatable bonds is 4. The van der Waals surface area contributed by atoms with Crippen molar-refractivity contribution in [3.63, 3.8) is 0 Å². The predicted molar refractivity (Wildman–Crippen MR) is 67.1 cm³/mol. The summed E-state index contributed by atoms with van der Waals surface area (Å²) in [6.45, 7) is 0. The molecular weight excluding hydrogens is 248 g/mol. The molecule has 0 aliphatic rings. The molecule has 0 heterocycles. The molecule has 1 N–H and O–H groups in total. The molecular formula is C14H8O5. The monoisotopic (exact) mass is 256 g/mol. The first kappa shape index (κ1) is 12.6. The normalized spacial score (nSPS) is 10.1. The van der Waals surface area contributed by atoms with E-state index in [1.54, 1.807) is 12.1 Å². The smallest absolute Gasteiger partial charge is 0.337 e. The third-order valence-corrected chi connectivity index (χ3v) is 2.90. The van der Waals surface area contributed by atoms with E-state index in [-0.39, 0.29) is 33.9 Å². The van der Waals surface area contributed by atoms with Gasteiger partial charge in [0.1, 0.15) is 0 Å². The molecule has 0 aromatic heterocycles. The van der Waals surface area contributed by atoms with Crippen LogP contribution >= 0.6 is 0 Å². The second-order valence-electron chi connectivity index (χ2n) is 3.82. The van der Waals surface area contributed by atoms with E-state index in [9.17, 15) is 24.3 Å². The lowest BCUT2D eigenvalue weighted by atomic mass is 9.90. The highest BCUT2D eigenvalue weighted by molar-refractivity contribution is 6.18. The van der Waals surface area contributed by atoms with Crippen LogP contribution in [0, 0.1) is 0 Å². The van der Waals surface area contributed by atoms with Crippen molar-refractivity contribution in [1.29, 1.82) is 0 Å². The average molecular weight is 256 g/mol. The van der Waals surface area contributed by atoms with Crippen molar-refractivity contribution in [2.75, 3.05) is 0 Å². The van der Waals surface area contributed by atoms with E-state index in [4.69, 9.17) is 0 Å². The van der Waals surface area contributed by atoms with Crippen LogP contribution in [0.5, 0.6) is 0 Å². The summed E-state index contributed by atoms with van der Waals surface area (Å²) >= 11 is 0. The molecule has 0 radical (unpaired) electrons. The number of carbonyl (C=O) groups excluding carboxylic acids is 3. The predicted octanol–water partition coefficient (Wildman–Crippen LogP) is 1.98. The Morgan fingerprint density at radius 3 is 1.84 bits per heavy atom. The van der Waals surface area contributed by atoms with Gasteiger partial charge < -0.3 is 5.11 Å². The highest BCUT2D eigenvalue weighted by Crippen LogP contribution is 2.28. The van der Waals surface area contributed by atoms with E-state index in [1.165, 1.54) is 12.1 Å². The number of carboxylic acids is 1. The lowest BCUT2D eigenvalue weighted by Gasteiger charge is -2.11. The number of fused-ring (bicyclic) bond motifs is 1. The maximum Gasteiger partial charge on any atom is 0.337 e. The fourth-order valence-corrected chi connectivity index (χ4v) is 2.11. The minimum Gasteiger partial charge on any atom is -0.478 e. The van der Waals surface area contributed by atoms with E-state index < -0.39 is 5.97 Å². The molecule has 0 atom stereocenters. The van der Waals surface area contributed by atoms with E-state index in [0.717, 1.165) is 0 Å². The molecule has 0 spiro atoms. The molecule has 2 aromatic carbocycles. The van der Waals surface area contributed by atoms with Gasteiger partial charge in [0.05, 0.1) is 5.56 Å². The third-order valence-electron chi connectivity index (χ3n) is 2.90. The molecule has 0 bridgehead atoms. The molecule has 94 valence electrons. The third kappa shape index (κ3) is 1.81. The first-order chi connectivity index (χ1) is 9.15. The van der Waals surface area contributed by atoms with Gasteiger partial charge >= 0.3 is 5.97 Å². The van der Waals surface area contributed by atoms with Crippen molar-refractivity contribution in [2.24, 2.45) is 0 Å². The quantitative estimate of drug-likeness (QED) is 0.845. The fraction of sp³-hybridized carbons (Fsp3) is 0. The van der Waals surface area contributed by atoms with Crippen LogP contribution in [0.3, 0.4) is 0 Å². The average Bonchev–Trinajstić information content (AvgIpc) is 2.43. The fourth-order valence-electron chi connectivity index (χ4n) is 2.11. The number of hydrogen-bond donors (Lipinski definition) is 1. The first-order valence-electron chi connectivity index (χ1n) is 5.33. The Kier molecular flexibility index (Phi) is 3.20. The second kappa shape index (κ2) is 4.81. The molecule has 0 fully saturated rings. The number of aldehydes is 3. The summed E-state index contributed by atoms with van der Waals surface area (Å²) in [5.41, 5.74) is -0.708. The zero-order valence-electron chi connectivity index (χ0n) is 9.62. The summed E-state index contributed by atoms with van der Waals surface area (Å²) in [6, 6.07) is 6.25. The Morgan fingerprint density at radius 1 is 0.842 bits per heavy atom. The van der Waals surface area contributed by atoms with E-state index in [0.29, 0.717) is 18.0 Å². The zero-order chi connectivity index (χ0) is 14.0. The molecule has 0 aliphatic heterocycles. The van der Waals surface area contributed by atoms with Gasteiger partial charge in [0.15, 0.2) is 18.9 Å². The lowest BCUT2D eigenvalue weighted by Crippen LogP contribution is -2.09. The summed E-state index contributed by atoms with van der Waals surface area (Å²) in [6.07, 6.45) is 1.06. The van der Waals surface area contributed by atoms with Gasteiger partial charge in [0.25, 0.3) is 0 Å². The number of aromatic carboxylic acids is 1. The van der Waals surface area contributed by atoms with Crippen molar-refractivity contribution in [3.8, 4) is 0 Å². The van der Waals surface area contributed by atoms with Crippen LogP contribution in [0.2, 0.25) is 0 Å². The van der Waals surface area contributed by atoms with Crippen molar-refractivity contribution < 1.29 is 24.3 Å². The Balaban J connectivity index is 3.15. The van der Waals surface area contributed by atoms with Gasteiger partial charge in [-0.15, -0.1) is 0 Å². The van der Waals surface area contributed by atoms with Crippen LogP contribution in [0.1, 0.15) is 41.4 Å². The SMILES string of the molecule is O=Cc1c(C=O)c(C(=O)O)c2ccccc2c1C=O. The Bertz CT molecular complexity index is 715. The molecule has 2 aromatic rings. The summed E-state index contributed by atoms with van der Waals surface area (Å²) in [4.78, 5) is 44.6. The van der Waals surface area contributed by atoms with Crippen LogP contribution in [0.15, 0.2) is 24.3 Å². The molecule has 0 saturated carbocycles. The van der Waals surface area contributed by atoms with Gasteiger partial charge in [0.2, 0.25) is 0 Å². The minimum absolute atomic E-state index is 0.0256. The molecule has 0 unspecified atom stereocenters. The Labute approximate surface area is 107 Å². The van der Waals surface area contributed by atoms with Gasteiger partial charge in [-0.1, -0.05) is 24.3 Å². The summed E-state index contributed by atoms with van der Waals surface area (Å²) in [5, 5.41) is 9.81. The number of benzene rings is 2. The highest BCUT2D eigenvalue weighted by Gasteiger charge is 2.22. The molecule has 5 heteroatoms. The standard InChI is InChI=1S/C14H8O5/c15-5-10-8-3-1-2-4-9(8)13(14(18)19)12(7-17)11(10)6-16/h1-7H,(H,18,19). The van der Waals surface area contributed by atoms with Crippen LogP contribution in [-0.2, 0) is 0 Å². The van der Waals surface area contributed by atoms with Crippen LogP contribution in [-0.4, -0.2) is 29.9 Å². The number of hydrogen-bond acceptors (Lipinski definition) is 4. The summed E-state index contributed by atoms with van der Waals surface area (Å²) in [7, 11) is 0. The van der Waals surface area contributed by atoms with Gasteiger partial charge in [-0.25, -0.2) is 4.79 Å². The number of carboxylic acid groups (broad SMARTS) is 1. The summed E-state index contributed by atoms with van der Waals surface area (Å²) < 4.78 is 0. The van der Waals surface area contributed by atoms with Crippen molar-refractivity contribution >= 4 is 35.6 Å². The summed E-state index contributed by atoms with van der Waals surface area (Å²) in [5.74, 6) is -1.32. The van der Waals surface area contributed by atoms with Crippen molar-refractivity contribution in [3.05, 3.63) is 46.5 Å². The molecule has 0 saturated heterocycles. The van der Waals surface area contributed by atoms with Crippen molar-refractivity contribution in [1.82, 2.24) is 0 Å². The molecule has 2 rings (SSSR count). The molecule has 5 nitrogen and oxygen atoms in total. The lowest BCUT2D eigenvalue weighted by molar-refractivity contribution is 0.0696. The Morgan fingerprint density at radius 2 is 1.37 bits per heavy atom. The minimum atomic E-state index is -1.32. The van der Waals surface area contributed by atoms with Gasteiger partial charge in [-0.3, -0.25) is 14.4 Å². The number of carbonyl (C=O) groups is 4. The van der Waals surface area contributed by atoms with Gasteiger partial charge in [0, 0.05) is 16.7 Å². The second-order valence-corrected chi connectivity index (χ2v) is 3.82. The zero-order valence-corrected chi connectivity index (χ0v) is 9.62. The maximum atomic E-state index is 11.3. The highest BCUT2D eigenvalue weighted by atomic mass is 16.4. The van der Waals surface area contributed by atoms with Gasteiger partial charge in [-0.05, 0) is 10.8 Å². The molecule has 0 amide bonds. The van der Waals surface area contributed by atoms with E-state index in [2.05, 4.69) is 0 Å². The molecule has 19 heavy (non-hydrogen) atoms. The van der Waals surface area contributed by atoms with E-state index in [1.807, 2.05) is 0 Å². The van der Waals surface area contributed by atoms with Crippen LogP contribution in [0.4, 0.5) is 0 Å². The van der Waals surface area contributed by atoms with Crippen LogP contribution < -0.4 is 0 Å². The molecule has 0 aliphatic carbocycles. The van der Waals surface area contributed by atoms with Crippen LogP contribution in [0.25, 0.3) is 10.8 Å². The van der Waals surface area contributed by atoms with Crippen molar-refractivity contribution in [2.45, 2.75) is 0 Å². The maximum absolute atomic E-state index is 11.3. The van der Waals surface area contributed by atoms with Gasteiger partial charge in [-0.2, -0.15) is 0 Å². The topological polar surface area (TPSA) is 88.5 Å². The van der Waals surface area contributed by atoms with E-state index >= 15 is 0 Å².